The lowest BCUT2D eigenvalue weighted by Crippen LogP contribution is -2.33. The lowest BCUT2D eigenvalue weighted by atomic mass is 9.99. The van der Waals surface area contributed by atoms with Gasteiger partial charge in [-0.15, -0.1) is 10.2 Å². The molecular weight excluding hydrogens is 340 g/mol. The summed E-state index contributed by atoms with van der Waals surface area (Å²) >= 11 is 0. The van der Waals surface area contributed by atoms with Gasteiger partial charge in [-0.3, -0.25) is 9.36 Å². The Morgan fingerprint density at radius 3 is 2.67 bits per heavy atom. The van der Waals surface area contributed by atoms with Crippen LogP contribution in [-0.4, -0.2) is 56.7 Å². The molecule has 1 N–H and O–H groups in total. The highest BCUT2D eigenvalue weighted by Crippen LogP contribution is 2.26. The standard InChI is InChI=1S/C20H22N6O/c27-20(17-6-7-19(22-12-17)26-14-23-24-15-26)21-9-11-25-10-8-18(13-25)16-4-2-1-3-5-16/h1-7,12,14-15,18H,8-11,13H2,(H,21,27). The molecule has 1 saturated heterocycles. The van der Waals surface area contributed by atoms with Gasteiger partial charge >= 0.3 is 0 Å². The Kier molecular flexibility index (Phi) is 5.20. The summed E-state index contributed by atoms with van der Waals surface area (Å²) in [4.78, 5) is 19.0. The van der Waals surface area contributed by atoms with Crippen LogP contribution in [0.3, 0.4) is 0 Å². The van der Waals surface area contributed by atoms with E-state index in [1.165, 1.54) is 12.0 Å². The first-order valence-electron chi connectivity index (χ1n) is 9.16. The molecule has 1 atom stereocenters. The van der Waals surface area contributed by atoms with Crippen LogP contribution in [0, 0.1) is 0 Å². The van der Waals surface area contributed by atoms with Crippen LogP contribution in [0.2, 0.25) is 0 Å². The molecule has 1 aliphatic heterocycles. The van der Waals surface area contributed by atoms with E-state index in [9.17, 15) is 4.79 Å². The third-order valence-electron chi connectivity index (χ3n) is 4.95. The Hall–Kier alpha value is -3.06. The average Bonchev–Trinajstić information content (AvgIpc) is 3.41. The summed E-state index contributed by atoms with van der Waals surface area (Å²) in [6, 6.07) is 14.2. The molecule has 3 aromatic rings. The predicted octanol–water partition coefficient (Wildman–Crippen LogP) is 1.88. The number of nitrogens with one attached hydrogen (secondary N) is 1. The average molecular weight is 362 g/mol. The van der Waals surface area contributed by atoms with Crippen molar-refractivity contribution in [1.82, 2.24) is 30.0 Å². The molecule has 1 aromatic carbocycles. The van der Waals surface area contributed by atoms with Crippen LogP contribution < -0.4 is 5.32 Å². The normalized spacial score (nSPS) is 17.1. The van der Waals surface area contributed by atoms with Gasteiger partial charge in [0, 0.05) is 25.8 Å². The molecular formula is C20H22N6O. The number of hydrogen-bond acceptors (Lipinski definition) is 5. The number of carbonyl (C=O) groups excluding carboxylic acids is 1. The molecule has 2 aromatic heterocycles. The van der Waals surface area contributed by atoms with Gasteiger partial charge in [0.15, 0.2) is 0 Å². The molecule has 0 aliphatic carbocycles. The van der Waals surface area contributed by atoms with Gasteiger partial charge in [-0.05, 0) is 36.6 Å². The van der Waals surface area contributed by atoms with E-state index in [1.54, 1.807) is 35.6 Å². The van der Waals surface area contributed by atoms with Crippen LogP contribution in [0.1, 0.15) is 28.3 Å². The highest BCUT2D eigenvalue weighted by Gasteiger charge is 2.23. The van der Waals surface area contributed by atoms with Gasteiger partial charge in [0.1, 0.15) is 18.5 Å². The Balaban J connectivity index is 1.24. The van der Waals surface area contributed by atoms with E-state index in [1.807, 2.05) is 0 Å². The number of likely N-dealkylation sites (tertiary alicyclic amines) is 1. The Morgan fingerprint density at radius 2 is 1.93 bits per heavy atom. The zero-order chi connectivity index (χ0) is 18.5. The van der Waals surface area contributed by atoms with Crippen LogP contribution >= 0.6 is 0 Å². The summed E-state index contributed by atoms with van der Waals surface area (Å²) in [5.74, 6) is 1.17. The van der Waals surface area contributed by atoms with Crippen LogP contribution in [0.25, 0.3) is 5.82 Å². The molecule has 138 valence electrons. The SMILES string of the molecule is O=C(NCCN1CCC(c2ccccc2)C1)c1ccc(-n2cnnc2)nc1. The number of pyridine rings is 1. The van der Waals surface area contributed by atoms with Crippen molar-refractivity contribution in [3.05, 3.63) is 72.4 Å². The first-order chi connectivity index (χ1) is 13.3. The first-order valence-corrected chi connectivity index (χ1v) is 9.16. The molecule has 27 heavy (non-hydrogen) atoms. The molecule has 1 unspecified atom stereocenters. The fourth-order valence-electron chi connectivity index (χ4n) is 3.45. The Bertz CT molecular complexity index is 863. The molecule has 7 nitrogen and oxygen atoms in total. The van der Waals surface area contributed by atoms with Crippen molar-refractivity contribution in [2.75, 3.05) is 26.2 Å². The van der Waals surface area contributed by atoms with Crippen molar-refractivity contribution < 1.29 is 4.79 Å². The second kappa shape index (κ2) is 8.09. The lowest BCUT2D eigenvalue weighted by Gasteiger charge is -2.16. The van der Waals surface area contributed by atoms with E-state index >= 15 is 0 Å². The van der Waals surface area contributed by atoms with Crippen molar-refractivity contribution >= 4 is 5.91 Å². The minimum atomic E-state index is -0.100. The summed E-state index contributed by atoms with van der Waals surface area (Å²) < 4.78 is 1.69. The van der Waals surface area contributed by atoms with E-state index in [0.29, 0.717) is 23.8 Å². The summed E-state index contributed by atoms with van der Waals surface area (Å²) in [7, 11) is 0. The summed E-state index contributed by atoms with van der Waals surface area (Å²) in [5.41, 5.74) is 1.96. The maximum atomic E-state index is 12.3. The number of rotatable bonds is 6. The van der Waals surface area contributed by atoms with E-state index in [-0.39, 0.29) is 5.91 Å². The quantitative estimate of drug-likeness (QED) is 0.725. The van der Waals surface area contributed by atoms with E-state index < -0.39 is 0 Å². The summed E-state index contributed by atoms with van der Waals surface area (Å²) in [5, 5.41) is 10.5. The molecule has 3 heterocycles. The molecule has 1 aliphatic rings. The molecule has 0 saturated carbocycles. The third kappa shape index (κ3) is 4.20. The van der Waals surface area contributed by atoms with Crippen molar-refractivity contribution in [1.29, 1.82) is 0 Å². The van der Waals surface area contributed by atoms with E-state index in [2.05, 4.69) is 55.7 Å². The summed E-state index contributed by atoms with van der Waals surface area (Å²) in [6.45, 7) is 3.62. The number of nitrogens with zero attached hydrogens (tertiary/aromatic N) is 5. The van der Waals surface area contributed by atoms with Gasteiger partial charge in [0.2, 0.25) is 0 Å². The van der Waals surface area contributed by atoms with Crippen molar-refractivity contribution in [2.45, 2.75) is 12.3 Å². The number of aromatic nitrogens is 4. The molecule has 0 radical (unpaired) electrons. The molecule has 0 spiro atoms. The van der Waals surface area contributed by atoms with Gasteiger partial charge < -0.3 is 10.2 Å². The lowest BCUT2D eigenvalue weighted by molar-refractivity contribution is 0.0949. The van der Waals surface area contributed by atoms with E-state index in [4.69, 9.17) is 0 Å². The molecule has 1 amide bonds. The van der Waals surface area contributed by atoms with Crippen LogP contribution in [0.15, 0.2) is 61.3 Å². The number of amides is 1. The molecule has 1 fully saturated rings. The van der Waals surface area contributed by atoms with E-state index in [0.717, 1.165) is 19.6 Å². The van der Waals surface area contributed by atoms with Crippen molar-refractivity contribution in [2.24, 2.45) is 0 Å². The first kappa shape index (κ1) is 17.4. The number of hydrogen-bond donors (Lipinski definition) is 1. The third-order valence-corrected chi connectivity index (χ3v) is 4.95. The highest BCUT2D eigenvalue weighted by molar-refractivity contribution is 5.93. The predicted molar refractivity (Wildman–Crippen MR) is 102 cm³/mol. The highest BCUT2D eigenvalue weighted by atomic mass is 16.1. The fourth-order valence-corrected chi connectivity index (χ4v) is 3.45. The minimum absolute atomic E-state index is 0.100. The Morgan fingerprint density at radius 1 is 1.11 bits per heavy atom. The van der Waals surface area contributed by atoms with Gasteiger partial charge in [-0.2, -0.15) is 0 Å². The minimum Gasteiger partial charge on any atom is -0.351 e. The van der Waals surface area contributed by atoms with Gasteiger partial charge in [-0.1, -0.05) is 30.3 Å². The van der Waals surface area contributed by atoms with Crippen LogP contribution in [-0.2, 0) is 0 Å². The molecule has 7 heteroatoms. The Labute approximate surface area is 158 Å². The maximum absolute atomic E-state index is 12.3. The maximum Gasteiger partial charge on any atom is 0.252 e. The molecule has 0 bridgehead atoms. The van der Waals surface area contributed by atoms with Crippen LogP contribution in [0.4, 0.5) is 0 Å². The van der Waals surface area contributed by atoms with Crippen LogP contribution in [0.5, 0.6) is 0 Å². The van der Waals surface area contributed by atoms with Gasteiger partial charge in [0.25, 0.3) is 5.91 Å². The van der Waals surface area contributed by atoms with Gasteiger partial charge in [0.05, 0.1) is 5.56 Å². The number of carbonyl (C=O) groups is 1. The van der Waals surface area contributed by atoms with Gasteiger partial charge in [-0.25, -0.2) is 4.98 Å². The van der Waals surface area contributed by atoms with Crippen molar-refractivity contribution in [3.8, 4) is 5.82 Å². The topological polar surface area (TPSA) is 75.9 Å². The smallest absolute Gasteiger partial charge is 0.252 e. The zero-order valence-electron chi connectivity index (χ0n) is 15.0. The fraction of sp³-hybridized carbons (Fsp3) is 0.300. The largest absolute Gasteiger partial charge is 0.351 e. The summed E-state index contributed by atoms with van der Waals surface area (Å²) in [6.07, 6.45) is 5.89. The van der Waals surface area contributed by atoms with Crippen molar-refractivity contribution in [3.63, 3.8) is 0 Å². The zero-order valence-corrected chi connectivity index (χ0v) is 15.0. The molecule has 4 rings (SSSR count). The second-order valence-electron chi connectivity index (χ2n) is 6.73. The number of benzene rings is 1. The monoisotopic (exact) mass is 362 g/mol. The second-order valence-corrected chi connectivity index (χ2v) is 6.73.